The molecule has 1 aromatic heterocycles. The predicted molar refractivity (Wildman–Crippen MR) is 73.4 cm³/mol. The third-order valence-electron chi connectivity index (χ3n) is 3.46. The second-order valence-electron chi connectivity index (χ2n) is 4.70. The Morgan fingerprint density at radius 2 is 1.65 bits per heavy atom. The maximum Gasteiger partial charge on any atom is 0.167 e. The normalized spacial score (nSPS) is 14.2. The summed E-state index contributed by atoms with van der Waals surface area (Å²) in [6.07, 6.45) is 4.10. The van der Waals surface area contributed by atoms with Gasteiger partial charge in [-0.25, -0.2) is 0 Å². The fourth-order valence-corrected chi connectivity index (χ4v) is 2.26. The molecule has 6 heteroatoms. The van der Waals surface area contributed by atoms with E-state index < -0.39 is 0 Å². The first kappa shape index (κ1) is 12.8. The highest BCUT2D eigenvalue weighted by molar-refractivity contribution is 5.69. The molecule has 1 aliphatic rings. The largest absolute Gasteiger partial charge is 0.496 e. The summed E-state index contributed by atoms with van der Waals surface area (Å²) in [7, 11) is 4.84. The third-order valence-corrected chi connectivity index (χ3v) is 3.46. The van der Waals surface area contributed by atoms with Crippen LogP contribution in [0.4, 0.5) is 0 Å². The molecule has 1 aromatic carbocycles. The molecule has 0 bridgehead atoms. The third kappa shape index (κ3) is 2.07. The van der Waals surface area contributed by atoms with E-state index in [-0.39, 0.29) is 0 Å². The van der Waals surface area contributed by atoms with Crippen LogP contribution in [0.5, 0.6) is 17.2 Å². The topological polar surface area (TPSA) is 58.4 Å². The van der Waals surface area contributed by atoms with Crippen molar-refractivity contribution in [1.82, 2.24) is 14.8 Å². The first-order valence-corrected chi connectivity index (χ1v) is 6.48. The number of ether oxygens (including phenoxy) is 3. The summed E-state index contributed by atoms with van der Waals surface area (Å²) in [6.45, 7) is 0. The lowest BCUT2D eigenvalue weighted by Crippen LogP contribution is -2.00. The standard InChI is InChI=1S/C14H17N3O3/c1-18-11-7-13(20-3)12(19-2)6-10(11)14-16-15-8-17(14)9-4-5-9/h6-9H,4-5H2,1-3H3. The predicted octanol–water partition coefficient (Wildman–Crippen LogP) is 2.31. The SMILES string of the molecule is COc1cc(OC)c(-c2nncn2C2CC2)cc1OC. The van der Waals surface area contributed by atoms with Crippen molar-refractivity contribution in [3.63, 3.8) is 0 Å². The average Bonchev–Trinajstić information content (AvgIpc) is 3.23. The fourth-order valence-electron chi connectivity index (χ4n) is 2.26. The number of nitrogens with zero attached hydrogens (tertiary/aromatic N) is 3. The van der Waals surface area contributed by atoms with Crippen LogP contribution in [0.25, 0.3) is 11.4 Å². The molecule has 106 valence electrons. The molecule has 0 amide bonds. The van der Waals surface area contributed by atoms with Gasteiger partial charge in [-0.3, -0.25) is 0 Å². The van der Waals surface area contributed by atoms with Crippen molar-refractivity contribution in [3.05, 3.63) is 18.5 Å². The summed E-state index contributed by atoms with van der Waals surface area (Å²) < 4.78 is 18.2. The molecular weight excluding hydrogens is 258 g/mol. The van der Waals surface area contributed by atoms with Crippen LogP contribution in [0.15, 0.2) is 18.5 Å². The van der Waals surface area contributed by atoms with Crippen molar-refractivity contribution < 1.29 is 14.2 Å². The molecule has 1 fully saturated rings. The van der Waals surface area contributed by atoms with Crippen LogP contribution in [-0.4, -0.2) is 36.1 Å². The molecule has 0 spiro atoms. The molecular formula is C14H17N3O3. The van der Waals surface area contributed by atoms with E-state index in [1.807, 2.05) is 6.07 Å². The summed E-state index contributed by atoms with van der Waals surface area (Å²) >= 11 is 0. The molecule has 0 radical (unpaired) electrons. The molecule has 0 saturated heterocycles. The summed E-state index contributed by atoms with van der Waals surface area (Å²) in [5.74, 6) is 2.77. The minimum atomic E-state index is 0.498. The van der Waals surface area contributed by atoms with Gasteiger partial charge in [-0.05, 0) is 18.9 Å². The van der Waals surface area contributed by atoms with Crippen LogP contribution in [0, 0.1) is 0 Å². The summed E-state index contributed by atoms with van der Waals surface area (Å²) in [4.78, 5) is 0. The lowest BCUT2D eigenvalue weighted by Gasteiger charge is -2.14. The molecule has 0 atom stereocenters. The van der Waals surface area contributed by atoms with Gasteiger partial charge in [0, 0.05) is 12.1 Å². The summed E-state index contributed by atoms with van der Waals surface area (Å²) in [6, 6.07) is 4.18. The maximum absolute atomic E-state index is 5.45. The second-order valence-corrected chi connectivity index (χ2v) is 4.70. The molecule has 1 heterocycles. The Morgan fingerprint density at radius 3 is 2.25 bits per heavy atom. The molecule has 2 aromatic rings. The van der Waals surface area contributed by atoms with Gasteiger partial charge in [0.05, 0.1) is 26.9 Å². The van der Waals surface area contributed by atoms with Gasteiger partial charge in [0.2, 0.25) is 0 Å². The van der Waals surface area contributed by atoms with Crippen LogP contribution >= 0.6 is 0 Å². The number of rotatable bonds is 5. The molecule has 0 unspecified atom stereocenters. The number of hydrogen-bond acceptors (Lipinski definition) is 5. The molecule has 20 heavy (non-hydrogen) atoms. The van der Waals surface area contributed by atoms with Gasteiger partial charge in [-0.15, -0.1) is 10.2 Å². The van der Waals surface area contributed by atoms with Crippen LogP contribution < -0.4 is 14.2 Å². The monoisotopic (exact) mass is 275 g/mol. The Hall–Kier alpha value is -2.24. The van der Waals surface area contributed by atoms with Crippen LogP contribution in [0.1, 0.15) is 18.9 Å². The van der Waals surface area contributed by atoms with Gasteiger partial charge < -0.3 is 18.8 Å². The van der Waals surface area contributed by atoms with Crippen molar-refractivity contribution >= 4 is 0 Å². The minimum absolute atomic E-state index is 0.498. The van der Waals surface area contributed by atoms with Gasteiger partial charge in [-0.2, -0.15) is 0 Å². The summed E-state index contributed by atoms with van der Waals surface area (Å²) in [5, 5.41) is 8.24. The Bertz CT molecular complexity index is 620. The van der Waals surface area contributed by atoms with E-state index in [1.165, 1.54) is 12.8 Å². The number of aromatic nitrogens is 3. The van der Waals surface area contributed by atoms with Crippen molar-refractivity contribution in [2.24, 2.45) is 0 Å². The first-order valence-electron chi connectivity index (χ1n) is 6.48. The van der Waals surface area contributed by atoms with E-state index in [2.05, 4.69) is 14.8 Å². The van der Waals surface area contributed by atoms with E-state index in [0.29, 0.717) is 23.3 Å². The molecule has 6 nitrogen and oxygen atoms in total. The quantitative estimate of drug-likeness (QED) is 0.838. The van der Waals surface area contributed by atoms with Gasteiger partial charge >= 0.3 is 0 Å². The van der Waals surface area contributed by atoms with Crippen molar-refractivity contribution in [2.75, 3.05) is 21.3 Å². The van der Waals surface area contributed by atoms with E-state index in [4.69, 9.17) is 14.2 Å². The molecule has 3 rings (SSSR count). The van der Waals surface area contributed by atoms with Crippen LogP contribution in [-0.2, 0) is 0 Å². The zero-order valence-electron chi connectivity index (χ0n) is 11.8. The Kier molecular flexibility index (Phi) is 3.22. The van der Waals surface area contributed by atoms with E-state index in [1.54, 1.807) is 33.7 Å². The first-order chi connectivity index (χ1) is 9.78. The van der Waals surface area contributed by atoms with Crippen molar-refractivity contribution in [3.8, 4) is 28.6 Å². The highest BCUT2D eigenvalue weighted by atomic mass is 16.5. The average molecular weight is 275 g/mol. The highest BCUT2D eigenvalue weighted by Crippen LogP contribution is 2.42. The molecule has 0 N–H and O–H groups in total. The molecule has 1 aliphatic carbocycles. The van der Waals surface area contributed by atoms with Crippen LogP contribution in [0.3, 0.4) is 0 Å². The maximum atomic E-state index is 5.45. The lowest BCUT2D eigenvalue weighted by atomic mass is 10.1. The van der Waals surface area contributed by atoms with Gasteiger partial charge in [0.15, 0.2) is 17.3 Å². The smallest absolute Gasteiger partial charge is 0.167 e. The number of hydrogen-bond donors (Lipinski definition) is 0. The van der Waals surface area contributed by atoms with Crippen LogP contribution in [0.2, 0.25) is 0 Å². The zero-order valence-corrected chi connectivity index (χ0v) is 11.8. The molecule has 1 saturated carbocycles. The minimum Gasteiger partial charge on any atom is -0.496 e. The van der Waals surface area contributed by atoms with E-state index in [0.717, 1.165) is 11.4 Å². The Labute approximate surface area is 117 Å². The van der Waals surface area contributed by atoms with Crippen molar-refractivity contribution in [1.29, 1.82) is 0 Å². The fraction of sp³-hybridized carbons (Fsp3) is 0.429. The highest BCUT2D eigenvalue weighted by Gasteiger charge is 2.28. The summed E-state index contributed by atoms with van der Waals surface area (Å²) in [5.41, 5.74) is 0.856. The van der Waals surface area contributed by atoms with E-state index >= 15 is 0 Å². The lowest BCUT2D eigenvalue weighted by molar-refractivity contribution is 0.349. The van der Waals surface area contributed by atoms with Gasteiger partial charge in [0.1, 0.15) is 12.1 Å². The number of benzene rings is 1. The van der Waals surface area contributed by atoms with Gasteiger partial charge in [0.25, 0.3) is 0 Å². The Morgan fingerprint density at radius 1 is 1.00 bits per heavy atom. The van der Waals surface area contributed by atoms with Gasteiger partial charge in [-0.1, -0.05) is 0 Å². The second kappa shape index (κ2) is 5.03. The van der Waals surface area contributed by atoms with Crippen molar-refractivity contribution in [2.45, 2.75) is 18.9 Å². The zero-order chi connectivity index (χ0) is 14.1. The molecule has 0 aliphatic heterocycles. The number of methoxy groups -OCH3 is 3. The Balaban J connectivity index is 2.13. The van der Waals surface area contributed by atoms with E-state index in [9.17, 15) is 0 Å².